The van der Waals surface area contributed by atoms with Crippen LogP contribution in [0.15, 0.2) is 72.8 Å². The van der Waals surface area contributed by atoms with E-state index in [1.165, 1.54) is 22.5 Å². The van der Waals surface area contributed by atoms with Gasteiger partial charge in [0.2, 0.25) is 0 Å². The molecule has 0 aliphatic heterocycles. The highest BCUT2D eigenvalue weighted by molar-refractivity contribution is 7.82. The molecule has 3 amide bonds. The number of urea groups is 1. The van der Waals surface area contributed by atoms with Crippen LogP contribution in [-0.2, 0) is 6.42 Å². The first-order valence-corrected chi connectivity index (χ1v) is 9.93. The Morgan fingerprint density at radius 1 is 1.03 bits per heavy atom. The van der Waals surface area contributed by atoms with Gasteiger partial charge < -0.3 is 15.4 Å². The van der Waals surface area contributed by atoms with Gasteiger partial charge in [0.15, 0.2) is 0 Å². The first-order valence-electron chi connectivity index (χ1n) is 9.53. The quantitative estimate of drug-likeness (QED) is 0.468. The molecule has 3 aromatic rings. The van der Waals surface area contributed by atoms with Crippen LogP contribution in [0.1, 0.15) is 15.9 Å². The van der Waals surface area contributed by atoms with Crippen molar-refractivity contribution in [2.45, 2.75) is 6.42 Å². The van der Waals surface area contributed by atoms with Gasteiger partial charge in [0.1, 0.15) is 11.6 Å². The number of halogens is 1. The van der Waals surface area contributed by atoms with Crippen molar-refractivity contribution in [1.29, 1.82) is 0 Å². The number of ether oxygens (including phenoxy) is 1. The van der Waals surface area contributed by atoms with E-state index in [0.29, 0.717) is 24.3 Å². The minimum Gasteiger partial charge on any atom is -0.497 e. The molecule has 8 heteroatoms. The van der Waals surface area contributed by atoms with Gasteiger partial charge in [-0.2, -0.15) is 0 Å². The number of thiol groups is 1. The lowest BCUT2D eigenvalue weighted by Gasteiger charge is -2.17. The van der Waals surface area contributed by atoms with E-state index in [2.05, 4.69) is 23.4 Å². The van der Waals surface area contributed by atoms with Gasteiger partial charge in [0, 0.05) is 12.2 Å². The Kier molecular flexibility index (Phi) is 7.50. The maximum atomic E-state index is 13.7. The molecule has 0 atom stereocenters. The second kappa shape index (κ2) is 10.5. The number of benzene rings is 3. The van der Waals surface area contributed by atoms with Gasteiger partial charge in [0.25, 0.3) is 5.91 Å². The number of nitrogens with one attached hydrogen (secondary N) is 2. The molecule has 2 N–H and O–H groups in total. The lowest BCUT2D eigenvalue weighted by molar-refractivity contribution is 0.102. The van der Waals surface area contributed by atoms with E-state index in [1.54, 1.807) is 37.4 Å². The molecule has 0 heterocycles. The van der Waals surface area contributed by atoms with Crippen LogP contribution in [0, 0.1) is 5.82 Å². The fraction of sp³-hybridized carbons (Fsp3) is 0.130. The highest BCUT2D eigenvalue weighted by Crippen LogP contribution is 2.20. The summed E-state index contributed by atoms with van der Waals surface area (Å²) < 4.78 is 20.1. The molecule has 0 aromatic heterocycles. The summed E-state index contributed by atoms with van der Waals surface area (Å²) in [6.07, 6.45) is 0.644. The van der Waals surface area contributed by atoms with Crippen molar-refractivity contribution in [3.05, 3.63) is 89.7 Å². The highest BCUT2D eigenvalue weighted by atomic mass is 32.1. The zero-order valence-electron chi connectivity index (χ0n) is 16.8. The third-order valence-corrected chi connectivity index (χ3v) is 4.92. The second-order valence-electron chi connectivity index (χ2n) is 6.63. The number of amides is 3. The van der Waals surface area contributed by atoms with Crippen molar-refractivity contribution in [2.24, 2.45) is 0 Å². The Labute approximate surface area is 185 Å². The maximum absolute atomic E-state index is 13.7. The van der Waals surface area contributed by atoms with Crippen LogP contribution in [0.3, 0.4) is 0 Å². The molecular weight excluding hydrogens is 417 g/mol. The molecule has 0 saturated heterocycles. The van der Waals surface area contributed by atoms with Gasteiger partial charge >= 0.3 is 6.03 Å². The zero-order chi connectivity index (χ0) is 22.2. The molecule has 0 aliphatic carbocycles. The van der Waals surface area contributed by atoms with Crippen molar-refractivity contribution in [2.75, 3.05) is 23.3 Å². The van der Waals surface area contributed by atoms with E-state index >= 15 is 0 Å². The highest BCUT2D eigenvalue weighted by Gasteiger charge is 2.13. The van der Waals surface area contributed by atoms with Crippen LogP contribution < -0.4 is 19.7 Å². The molecule has 6 nitrogen and oxygen atoms in total. The van der Waals surface area contributed by atoms with Crippen LogP contribution in [0.5, 0.6) is 5.75 Å². The van der Waals surface area contributed by atoms with Crippen molar-refractivity contribution >= 4 is 36.1 Å². The summed E-state index contributed by atoms with van der Waals surface area (Å²) in [6, 6.07) is 19.5. The summed E-state index contributed by atoms with van der Waals surface area (Å²) >= 11 is 4.25. The molecule has 0 spiro atoms. The van der Waals surface area contributed by atoms with E-state index in [9.17, 15) is 14.0 Å². The summed E-state index contributed by atoms with van der Waals surface area (Å²) in [5.41, 5.74) is 1.99. The lowest BCUT2D eigenvalue weighted by Crippen LogP contribution is -2.35. The summed E-state index contributed by atoms with van der Waals surface area (Å²) in [5, 5.41) is 5.42. The van der Waals surface area contributed by atoms with Crippen LogP contribution >= 0.6 is 12.8 Å². The van der Waals surface area contributed by atoms with Crippen LogP contribution in [-0.4, -0.2) is 25.6 Å². The number of hydrogen-bond acceptors (Lipinski definition) is 4. The number of nitrogens with zero attached hydrogens (tertiary/aromatic N) is 1. The number of anilines is 2. The Balaban J connectivity index is 1.53. The lowest BCUT2D eigenvalue weighted by atomic mass is 10.1. The molecule has 0 fully saturated rings. The van der Waals surface area contributed by atoms with Gasteiger partial charge in [-0.25, -0.2) is 13.5 Å². The van der Waals surface area contributed by atoms with Gasteiger partial charge in [-0.3, -0.25) is 4.79 Å². The fourth-order valence-electron chi connectivity index (χ4n) is 2.86. The first-order chi connectivity index (χ1) is 15.0. The Morgan fingerprint density at radius 3 is 2.48 bits per heavy atom. The smallest absolute Gasteiger partial charge is 0.331 e. The number of hydrogen-bond donors (Lipinski definition) is 3. The third-order valence-electron chi connectivity index (χ3n) is 4.50. The van der Waals surface area contributed by atoms with Gasteiger partial charge in [-0.15, -0.1) is 0 Å². The Hall–Kier alpha value is -3.52. The fourth-order valence-corrected chi connectivity index (χ4v) is 3.07. The number of rotatable bonds is 7. The molecule has 0 saturated carbocycles. The van der Waals surface area contributed by atoms with Gasteiger partial charge in [-0.05, 0) is 60.5 Å². The van der Waals surface area contributed by atoms with Crippen molar-refractivity contribution < 1.29 is 18.7 Å². The molecule has 31 heavy (non-hydrogen) atoms. The summed E-state index contributed by atoms with van der Waals surface area (Å²) in [5.74, 6) is -0.380. The molecule has 0 bridgehead atoms. The van der Waals surface area contributed by atoms with E-state index < -0.39 is 11.7 Å². The zero-order valence-corrected chi connectivity index (χ0v) is 17.7. The maximum Gasteiger partial charge on any atom is 0.331 e. The summed E-state index contributed by atoms with van der Waals surface area (Å²) in [6.45, 7) is 0.430. The van der Waals surface area contributed by atoms with E-state index in [-0.39, 0.29) is 11.6 Å². The number of carbonyl (C=O) groups is 2. The molecule has 0 unspecified atom stereocenters. The normalized spacial score (nSPS) is 10.3. The van der Waals surface area contributed by atoms with Crippen molar-refractivity contribution in [3.63, 3.8) is 0 Å². The predicted octanol–water partition coefficient (Wildman–Crippen LogP) is 4.69. The van der Waals surface area contributed by atoms with Crippen molar-refractivity contribution in [1.82, 2.24) is 5.32 Å². The number of carbonyl (C=O) groups excluding carboxylic acids is 2. The average Bonchev–Trinajstić information content (AvgIpc) is 2.79. The first kappa shape index (κ1) is 22.2. The number of methoxy groups -OCH3 is 1. The monoisotopic (exact) mass is 439 g/mol. The molecule has 0 radical (unpaired) electrons. The average molecular weight is 440 g/mol. The predicted molar refractivity (Wildman–Crippen MR) is 122 cm³/mol. The Bertz CT molecular complexity index is 1060. The minimum absolute atomic E-state index is 0.0437. The largest absolute Gasteiger partial charge is 0.497 e. The standard InChI is InChI=1S/C23H22FN3O3S/c1-30-19-6-4-5-16(15-19)13-14-25-23(29)27(31)18-11-9-17(10-12-18)26-22(28)20-7-2-3-8-21(20)24/h2-12,15,31H,13-14H2,1H3,(H,25,29)(H,26,28). The molecule has 160 valence electrons. The Morgan fingerprint density at radius 2 is 1.77 bits per heavy atom. The summed E-state index contributed by atoms with van der Waals surface area (Å²) in [4.78, 5) is 24.5. The van der Waals surface area contributed by atoms with E-state index in [4.69, 9.17) is 4.74 Å². The van der Waals surface area contributed by atoms with Crippen molar-refractivity contribution in [3.8, 4) is 5.75 Å². The SMILES string of the molecule is COc1cccc(CCNC(=O)N(S)c2ccc(NC(=O)c3ccccc3F)cc2)c1. The van der Waals surface area contributed by atoms with Crippen LogP contribution in [0.2, 0.25) is 0 Å². The second-order valence-corrected chi connectivity index (χ2v) is 7.03. The summed E-state index contributed by atoms with van der Waals surface area (Å²) in [7, 11) is 1.61. The van der Waals surface area contributed by atoms with Crippen LogP contribution in [0.4, 0.5) is 20.6 Å². The molecular formula is C23H22FN3O3S. The van der Waals surface area contributed by atoms with E-state index in [0.717, 1.165) is 11.3 Å². The van der Waals surface area contributed by atoms with Crippen LogP contribution in [0.25, 0.3) is 0 Å². The molecule has 3 aromatic carbocycles. The third kappa shape index (κ3) is 5.99. The topological polar surface area (TPSA) is 70.7 Å². The minimum atomic E-state index is -0.594. The molecule has 3 rings (SSSR count). The van der Waals surface area contributed by atoms with Gasteiger partial charge in [-0.1, -0.05) is 37.1 Å². The molecule has 0 aliphatic rings. The van der Waals surface area contributed by atoms with E-state index in [1.807, 2.05) is 24.3 Å². The van der Waals surface area contributed by atoms with Gasteiger partial charge in [0.05, 0.1) is 18.4 Å².